The molecular formula is C50H98N2O6. The molecule has 0 aliphatic heterocycles. The number of esters is 2. The molecule has 0 spiro atoms. The van der Waals surface area contributed by atoms with Crippen molar-refractivity contribution in [3.8, 4) is 0 Å². The summed E-state index contributed by atoms with van der Waals surface area (Å²) >= 11 is 0. The molecule has 0 radical (unpaired) electrons. The largest absolute Gasteiger partial charge is 0.466 e. The molecule has 0 aliphatic carbocycles. The zero-order valence-electron chi connectivity index (χ0n) is 39.3. The first-order chi connectivity index (χ1) is 28.4. The summed E-state index contributed by atoms with van der Waals surface area (Å²) in [7, 11) is 1.55. The summed E-state index contributed by atoms with van der Waals surface area (Å²) in [5.74, 6) is 0.617. The molecule has 1 N–H and O–H groups in total. The molecule has 58 heavy (non-hydrogen) atoms. The smallest absolute Gasteiger partial charge is 0.306 e. The Hall–Kier alpha value is -1.67. The number of nitrogens with one attached hydrogen (secondary N) is 1. The van der Waals surface area contributed by atoms with E-state index in [1.54, 1.807) is 7.11 Å². The topological polar surface area (TPSA) is 94.2 Å². The third-order valence-electron chi connectivity index (χ3n) is 11.7. The average molecular weight is 823 g/mol. The van der Waals surface area contributed by atoms with E-state index in [2.05, 4.69) is 37.9 Å². The first-order valence-corrected chi connectivity index (χ1v) is 25.2. The lowest BCUT2D eigenvalue weighted by atomic mass is 9.93. The molecule has 8 heteroatoms. The monoisotopic (exact) mass is 823 g/mol. The Labute approximate surface area is 360 Å². The van der Waals surface area contributed by atoms with E-state index in [9.17, 15) is 14.4 Å². The van der Waals surface area contributed by atoms with Gasteiger partial charge in [-0.25, -0.2) is 0 Å². The van der Waals surface area contributed by atoms with Gasteiger partial charge in [0.25, 0.3) is 0 Å². The van der Waals surface area contributed by atoms with Crippen LogP contribution in [0.2, 0.25) is 0 Å². The van der Waals surface area contributed by atoms with Crippen LogP contribution in [-0.2, 0) is 28.6 Å². The zero-order chi connectivity index (χ0) is 42.6. The quantitative estimate of drug-likeness (QED) is 0.0483. The molecule has 8 nitrogen and oxygen atoms in total. The second-order valence-corrected chi connectivity index (χ2v) is 17.4. The van der Waals surface area contributed by atoms with Gasteiger partial charge in [0.15, 0.2) is 0 Å². The van der Waals surface area contributed by atoms with E-state index in [0.717, 1.165) is 96.7 Å². The number of nitrogens with zero attached hydrogens (tertiary/aromatic N) is 1. The Balaban J connectivity index is 4.44. The van der Waals surface area contributed by atoms with Gasteiger partial charge >= 0.3 is 11.9 Å². The molecule has 0 aliphatic rings. The maximum Gasteiger partial charge on any atom is 0.306 e. The third-order valence-corrected chi connectivity index (χ3v) is 11.7. The number of rotatable bonds is 46. The number of ether oxygens (including phenoxy) is 3. The van der Waals surface area contributed by atoms with E-state index in [1.807, 2.05) is 0 Å². The Morgan fingerprint density at radius 2 is 0.931 bits per heavy atom. The summed E-state index contributed by atoms with van der Waals surface area (Å²) in [4.78, 5) is 39.5. The summed E-state index contributed by atoms with van der Waals surface area (Å²) in [6, 6.07) is 0. The lowest BCUT2D eigenvalue weighted by Gasteiger charge is -2.22. The van der Waals surface area contributed by atoms with Gasteiger partial charge in [0.05, 0.1) is 6.61 Å². The fraction of sp³-hybridized carbons (Fsp3) is 0.940. The van der Waals surface area contributed by atoms with Crippen molar-refractivity contribution in [2.24, 2.45) is 5.92 Å². The van der Waals surface area contributed by atoms with Crippen LogP contribution >= 0.6 is 0 Å². The van der Waals surface area contributed by atoms with Gasteiger partial charge in [-0.15, -0.1) is 0 Å². The molecule has 0 atom stereocenters. The molecular weight excluding hydrogens is 725 g/mol. The molecule has 0 unspecified atom stereocenters. The maximum atomic E-state index is 12.8. The molecule has 344 valence electrons. The van der Waals surface area contributed by atoms with Gasteiger partial charge in [-0.2, -0.15) is 0 Å². The fourth-order valence-electron chi connectivity index (χ4n) is 7.96. The number of carbonyl (C=O) groups excluding carboxylic acids is 3. The number of carbonyl (C=O) groups is 3. The summed E-state index contributed by atoms with van der Waals surface area (Å²) in [6.45, 7) is 13.5. The summed E-state index contributed by atoms with van der Waals surface area (Å²) < 4.78 is 16.6. The SMILES string of the molecule is CCCCCCCCC(CCCCCCCC)OC(=O)CCCCCCCN(CCCCCCCC(=O)OCCC(CCCC)CCCC)CCCNC(=O)COC. The van der Waals surface area contributed by atoms with Crippen molar-refractivity contribution < 1.29 is 28.6 Å². The van der Waals surface area contributed by atoms with Gasteiger partial charge in [-0.1, -0.05) is 169 Å². The highest BCUT2D eigenvalue weighted by Gasteiger charge is 2.15. The zero-order valence-corrected chi connectivity index (χ0v) is 39.3. The van der Waals surface area contributed by atoms with Crippen molar-refractivity contribution in [2.75, 3.05) is 46.5 Å². The highest BCUT2D eigenvalue weighted by Crippen LogP contribution is 2.21. The number of hydrogen-bond donors (Lipinski definition) is 1. The van der Waals surface area contributed by atoms with E-state index in [1.165, 1.54) is 128 Å². The first-order valence-electron chi connectivity index (χ1n) is 25.2. The summed E-state index contributed by atoms with van der Waals surface area (Å²) in [6.07, 6.45) is 38.9. The molecule has 0 bridgehead atoms. The average Bonchev–Trinajstić information content (AvgIpc) is 3.21. The molecule has 0 aromatic carbocycles. The molecule has 0 rings (SSSR count). The number of hydrogen-bond acceptors (Lipinski definition) is 7. The van der Waals surface area contributed by atoms with Gasteiger partial charge in [0.2, 0.25) is 5.91 Å². The number of methoxy groups -OCH3 is 1. The van der Waals surface area contributed by atoms with E-state index >= 15 is 0 Å². The minimum Gasteiger partial charge on any atom is -0.466 e. The van der Waals surface area contributed by atoms with Crippen molar-refractivity contribution in [1.82, 2.24) is 10.2 Å². The van der Waals surface area contributed by atoms with Crippen LogP contribution in [0.5, 0.6) is 0 Å². The van der Waals surface area contributed by atoms with Crippen LogP contribution in [0.15, 0.2) is 0 Å². The van der Waals surface area contributed by atoms with Crippen LogP contribution in [0.25, 0.3) is 0 Å². The lowest BCUT2D eigenvalue weighted by Crippen LogP contribution is -2.32. The van der Waals surface area contributed by atoms with Gasteiger partial charge < -0.3 is 24.4 Å². The van der Waals surface area contributed by atoms with Gasteiger partial charge in [-0.05, 0) is 89.8 Å². The van der Waals surface area contributed by atoms with Crippen LogP contribution in [0.1, 0.15) is 246 Å². The van der Waals surface area contributed by atoms with E-state index < -0.39 is 0 Å². The highest BCUT2D eigenvalue weighted by molar-refractivity contribution is 5.77. The maximum absolute atomic E-state index is 12.8. The van der Waals surface area contributed by atoms with Crippen molar-refractivity contribution in [1.29, 1.82) is 0 Å². The Morgan fingerprint density at radius 1 is 0.483 bits per heavy atom. The van der Waals surface area contributed by atoms with Gasteiger partial charge in [0.1, 0.15) is 12.7 Å². The van der Waals surface area contributed by atoms with E-state index in [4.69, 9.17) is 14.2 Å². The second-order valence-electron chi connectivity index (χ2n) is 17.4. The van der Waals surface area contributed by atoms with Crippen LogP contribution in [0.4, 0.5) is 0 Å². The highest BCUT2D eigenvalue weighted by atomic mass is 16.5. The van der Waals surface area contributed by atoms with E-state index in [-0.39, 0.29) is 30.6 Å². The standard InChI is InChI=1S/C50H98N2O6/c1-6-10-14-16-20-26-35-47(36-27-21-17-15-11-7-2)58-50(55)38-29-23-19-25-31-42-52(43-32-40-51-48(53)45-56-5)41-30-24-18-22-28-37-49(54)57-44-39-46(33-12-8-3)34-13-9-4/h46-47H,6-45H2,1-5H3,(H,51,53). The van der Waals surface area contributed by atoms with Crippen LogP contribution in [-0.4, -0.2) is 75.4 Å². The van der Waals surface area contributed by atoms with Gasteiger partial charge in [0, 0.05) is 26.5 Å². The molecule has 0 fully saturated rings. The minimum atomic E-state index is -0.0592. The minimum absolute atomic E-state index is 0.00897. The second kappa shape index (κ2) is 44.9. The van der Waals surface area contributed by atoms with Crippen molar-refractivity contribution in [2.45, 2.75) is 252 Å². The van der Waals surface area contributed by atoms with Crippen molar-refractivity contribution in [3.05, 3.63) is 0 Å². The van der Waals surface area contributed by atoms with E-state index in [0.29, 0.717) is 31.9 Å². The molecule has 1 amide bonds. The number of unbranched alkanes of at least 4 members (excludes halogenated alkanes) is 20. The lowest BCUT2D eigenvalue weighted by molar-refractivity contribution is -0.150. The Kier molecular flexibility index (Phi) is 43.6. The summed E-state index contributed by atoms with van der Waals surface area (Å²) in [5.41, 5.74) is 0. The molecule has 0 aromatic rings. The van der Waals surface area contributed by atoms with Crippen LogP contribution in [0, 0.1) is 5.92 Å². The fourth-order valence-corrected chi connectivity index (χ4v) is 7.96. The van der Waals surface area contributed by atoms with Crippen LogP contribution in [0.3, 0.4) is 0 Å². The van der Waals surface area contributed by atoms with Crippen molar-refractivity contribution >= 4 is 17.8 Å². The molecule has 0 saturated carbocycles. The third kappa shape index (κ3) is 39.8. The van der Waals surface area contributed by atoms with Gasteiger partial charge in [-0.3, -0.25) is 14.4 Å². The number of amides is 1. The normalized spacial score (nSPS) is 11.6. The molecule has 0 aromatic heterocycles. The predicted molar refractivity (Wildman–Crippen MR) is 245 cm³/mol. The van der Waals surface area contributed by atoms with Crippen LogP contribution < -0.4 is 5.32 Å². The predicted octanol–water partition coefficient (Wildman–Crippen LogP) is 13.5. The molecule has 0 heterocycles. The Bertz CT molecular complexity index is 877. The van der Waals surface area contributed by atoms with Crippen molar-refractivity contribution in [3.63, 3.8) is 0 Å². The summed E-state index contributed by atoms with van der Waals surface area (Å²) in [5, 5.41) is 2.96. The first kappa shape index (κ1) is 56.3. The Morgan fingerprint density at radius 3 is 1.45 bits per heavy atom. The molecule has 0 saturated heterocycles.